The number of rotatable bonds is 6. The largest absolute Gasteiger partial charge is 0.355 e. The summed E-state index contributed by atoms with van der Waals surface area (Å²) in [5.41, 5.74) is 9.67. The fourth-order valence-corrected chi connectivity index (χ4v) is 5.13. The van der Waals surface area contributed by atoms with E-state index in [2.05, 4.69) is 145 Å². The maximum absolute atomic E-state index is 3.59. The highest BCUT2D eigenvalue weighted by atomic mass is 15.1. The molecule has 0 unspecified atom stereocenters. The fraction of sp³-hybridized carbons (Fsp3) is 0.118. The van der Waals surface area contributed by atoms with Crippen LogP contribution < -0.4 is 4.90 Å². The lowest BCUT2D eigenvalue weighted by molar-refractivity contribution is 0.648. The highest BCUT2D eigenvalue weighted by molar-refractivity contribution is 6.08. The lowest BCUT2D eigenvalue weighted by Gasteiger charge is -2.25. The molecule has 2 nitrogen and oxygen atoms in total. The predicted molar refractivity (Wildman–Crippen MR) is 154 cm³/mol. The molecular formula is C34H30N2. The van der Waals surface area contributed by atoms with Crippen molar-refractivity contribution in [2.75, 3.05) is 4.90 Å². The average Bonchev–Trinajstić information content (AvgIpc) is 3.27. The number of anilines is 3. The molecular weight excluding hydrogens is 436 g/mol. The van der Waals surface area contributed by atoms with E-state index in [4.69, 9.17) is 0 Å². The van der Waals surface area contributed by atoms with Crippen molar-refractivity contribution in [3.8, 4) is 11.1 Å². The predicted octanol–water partition coefficient (Wildman–Crippen LogP) is 9.66. The van der Waals surface area contributed by atoms with Gasteiger partial charge in [0.15, 0.2) is 0 Å². The molecule has 0 radical (unpaired) electrons. The van der Waals surface area contributed by atoms with Crippen LogP contribution in [-0.2, 0) is 6.42 Å². The van der Waals surface area contributed by atoms with Crippen LogP contribution in [0.3, 0.4) is 0 Å². The molecule has 6 rings (SSSR count). The third-order valence-electron chi connectivity index (χ3n) is 6.79. The van der Waals surface area contributed by atoms with Crippen LogP contribution in [0.2, 0.25) is 0 Å². The molecule has 1 aromatic heterocycles. The van der Waals surface area contributed by atoms with Crippen LogP contribution in [0.15, 0.2) is 121 Å². The summed E-state index contributed by atoms with van der Waals surface area (Å²) in [4.78, 5) is 5.89. The van der Waals surface area contributed by atoms with Gasteiger partial charge in [0, 0.05) is 38.9 Å². The molecule has 1 heterocycles. The zero-order chi connectivity index (χ0) is 24.5. The van der Waals surface area contributed by atoms with Crippen LogP contribution in [0.5, 0.6) is 0 Å². The molecule has 0 amide bonds. The number of aromatic nitrogens is 1. The lowest BCUT2D eigenvalue weighted by Crippen LogP contribution is -2.09. The molecule has 36 heavy (non-hydrogen) atoms. The van der Waals surface area contributed by atoms with Crippen LogP contribution in [0.25, 0.3) is 32.9 Å². The van der Waals surface area contributed by atoms with Gasteiger partial charge in [-0.15, -0.1) is 0 Å². The topological polar surface area (TPSA) is 19.0 Å². The second-order valence-corrected chi connectivity index (χ2v) is 9.92. The zero-order valence-corrected chi connectivity index (χ0v) is 20.8. The van der Waals surface area contributed by atoms with E-state index in [9.17, 15) is 0 Å². The molecule has 6 aromatic rings. The number of aromatic amines is 1. The van der Waals surface area contributed by atoms with Gasteiger partial charge in [-0.05, 0) is 89.7 Å². The first-order valence-corrected chi connectivity index (χ1v) is 12.7. The van der Waals surface area contributed by atoms with Gasteiger partial charge in [0.25, 0.3) is 0 Å². The van der Waals surface area contributed by atoms with Gasteiger partial charge in [-0.2, -0.15) is 0 Å². The Balaban J connectivity index is 1.38. The highest BCUT2D eigenvalue weighted by Crippen LogP contribution is 2.36. The SMILES string of the molecule is CC(C)Cc1ccc2[nH]c3ccc(-c4ccc(N(c5ccccc5)c5ccccc5)cc4)cc3c2c1. The van der Waals surface area contributed by atoms with Crippen LogP contribution in [0.1, 0.15) is 19.4 Å². The molecule has 1 N–H and O–H groups in total. The van der Waals surface area contributed by atoms with Crippen LogP contribution in [0, 0.1) is 5.92 Å². The summed E-state index contributed by atoms with van der Waals surface area (Å²) in [7, 11) is 0. The smallest absolute Gasteiger partial charge is 0.0465 e. The van der Waals surface area contributed by atoms with Gasteiger partial charge < -0.3 is 9.88 Å². The van der Waals surface area contributed by atoms with E-state index < -0.39 is 0 Å². The maximum atomic E-state index is 3.59. The van der Waals surface area contributed by atoms with E-state index in [1.807, 2.05) is 0 Å². The molecule has 0 atom stereocenters. The monoisotopic (exact) mass is 466 g/mol. The Hall–Kier alpha value is -4.30. The van der Waals surface area contributed by atoms with E-state index in [1.165, 1.54) is 38.5 Å². The number of fused-ring (bicyclic) bond motifs is 3. The van der Waals surface area contributed by atoms with Crippen LogP contribution in [0.4, 0.5) is 17.1 Å². The molecule has 0 aliphatic carbocycles. The van der Waals surface area contributed by atoms with Crippen molar-refractivity contribution in [1.29, 1.82) is 0 Å². The van der Waals surface area contributed by atoms with E-state index in [1.54, 1.807) is 0 Å². The Morgan fingerprint density at radius 2 is 1.08 bits per heavy atom. The summed E-state index contributed by atoms with van der Waals surface area (Å²) in [6.07, 6.45) is 1.10. The standard InChI is InChI=1S/C34H30N2/c1-24(2)21-25-13-19-33-31(22-25)32-23-27(16-20-34(32)35-33)26-14-17-30(18-15-26)36(28-9-5-3-6-10-28)29-11-7-4-8-12-29/h3-20,22-24,35H,21H2,1-2H3. The van der Waals surface area contributed by atoms with Crippen molar-refractivity contribution in [3.05, 3.63) is 127 Å². The molecule has 0 bridgehead atoms. The number of benzene rings is 5. The fourth-order valence-electron chi connectivity index (χ4n) is 5.13. The first kappa shape index (κ1) is 22.2. The Morgan fingerprint density at radius 3 is 1.69 bits per heavy atom. The summed E-state index contributed by atoms with van der Waals surface area (Å²) < 4.78 is 0. The van der Waals surface area contributed by atoms with Gasteiger partial charge in [-0.25, -0.2) is 0 Å². The summed E-state index contributed by atoms with van der Waals surface area (Å²) in [5, 5.41) is 2.59. The number of hydrogen-bond donors (Lipinski definition) is 1. The third kappa shape index (κ3) is 4.27. The van der Waals surface area contributed by atoms with Crippen molar-refractivity contribution in [1.82, 2.24) is 4.98 Å². The van der Waals surface area contributed by atoms with Gasteiger partial charge >= 0.3 is 0 Å². The number of nitrogens with zero attached hydrogens (tertiary/aromatic N) is 1. The first-order valence-electron chi connectivity index (χ1n) is 12.7. The van der Waals surface area contributed by atoms with Crippen LogP contribution >= 0.6 is 0 Å². The van der Waals surface area contributed by atoms with Gasteiger partial charge in [0.2, 0.25) is 0 Å². The van der Waals surface area contributed by atoms with Crippen molar-refractivity contribution in [2.24, 2.45) is 5.92 Å². The number of H-pyrrole nitrogens is 1. The molecule has 0 aliphatic heterocycles. The van der Waals surface area contributed by atoms with Crippen molar-refractivity contribution in [3.63, 3.8) is 0 Å². The second kappa shape index (κ2) is 9.39. The first-order chi connectivity index (χ1) is 17.7. The molecule has 176 valence electrons. The molecule has 0 saturated carbocycles. The molecule has 0 spiro atoms. The van der Waals surface area contributed by atoms with Crippen LogP contribution in [-0.4, -0.2) is 4.98 Å². The molecule has 0 aliphatic rings. The number of hydrogen-bond acceptors (Lipinski definition) is 1. The number of nitrogens with one attached hydrogen (secondary N) is 1. The molecule has 0 fully saturated rings. The highest BCUT2D eigenvalue weighted by Gasteiger charge is 2.13. The quantitative estimate of drug-likeness (QED) is 0.259. The summed E-state index contributed by atoms with van der Waals surface area (Å²) in [6.45, 7) is 4.55. The summed E-state index contributed by atoms with van der Waals surface area (Å²) in [5.74, 6) is 0.646. The minimum atomic E-state index is 0.646. The van der Waals surface area contributed by atoms with E-state index >= 15 is 0 Å². The van der Waals surface area contributed by atoms with Gasteiger partial charge in [-0.1, -0.05) is 74.5 Å². The Bertz CT molecular complexity index is 1570. The van der Waals surface area contributed by atoms with Gasteiger partial charge in [0.1, 0.15) is 0 Å². The second-order valence-electron chi connectivity index (χ2n) is 9.92. The molecule has 5 aromatic carbocycles. The van der Waals surface area contributed by atoms with Gasteiger partial charge in [-0.3, -0.25) is 0 Å². The third-order valence-corrected chi connectivity index (χ3v) is 6.79. The van der Waals surface area contributed by atoms with E-state index in [0.29, 0.717) is 5.92 Å². The Kier molecular flexibility index (Phi) is 5.79. The minimum absolute atomic E-state index is 0.646. The number of para-hydroxylation sites is 2. The minimum Gasteiger partial charge on any atom is -0.355 e. The van der Waals surface area contributed by atoms with E-state index in [-0.39, 0.29) is 0 Å². The van der Waals surface area contributed by atoms with Crippen molar-refractivity contribution < 1.29 is 0 Å². The molecule has 0 saturated heterocycles. The van der Waals surface area contributed by atoms with Crippen molar-refractivity contribution in [2.45, 2.75) is 20.3 Å². The van der Waals surface area contributed by atoms with E-state index in [0.717, 1.165) is 23.5 Å². The lowest BCUT2D eigenvalue weighted by atomic mass is 9.99. The normalized spacial score (nSPS) is 11.4. The average molecular weight is 467 g/mol. The maximum Gasteiger partial charge on any atom is 0.0465 e. The summed E-state index contributed by atoms with van der Waals surface area (Å²) in [6, 6.07) is 43.6. The Labute approximate surface area is 212 Å². The zero-order valence-electron chi connectivity index (χ0n) is 20.8. The van der Waals surface area contributed by atoms with Crippen molar-refractivity contribution >= 4 is 38.9 Å². The molecule has 2 heteroatoms. The van der Waals surface area contributed by atoms with Gasteiger partial charge in [0.05, 0.1) is 0 Å². The summed E-state index contributed by atoms with van der Waals surface area (Å²) >= 11 is 0. The Morgan fingerprint density at radius 1 is 0.556 bits per heavy atom.